The Balaban J connectivity index is 1.36. The number of carbonyl (C=O) groups excluding carboxylic acids is 2. The fourth-order valence-electron chi connectivity index (χ4n) is 3.88. The number of hydrogen-bond donors (Lipinski definition) is 2. The highest BCUT2D eigenvalue weighted by Crippen LogP contribution is 2.22. The fourth-order valence-corrected chi connectivity index (χ4v) is 3.88. The van der Waals surface area contributed by atoms with E-state index in [0.717, 1.165) is 57.7 Å². The fraction of sp³-hybridized carbons (Fsp3) is 0.619. The zero-order valence-electron chi connectivity index (χ0n) is 16.6. The number of amides is 2. The van der Waals surface area contributed by atoms with Gasteiger partial charge in [0.1, 0.15) is 5.75 Å². The topological polar surface area (TPSA) is 79.9 Å². The molecule has 2 amide bonds. The van der Waals surface area contributed by atoms with Gasteiger partial charge in [-0.1, -0.05) is 0 Å². The van der Waals surface area contributed by atoms with E-state index in [4.69, 9.17) is 9.47 Å². The first kappa shape index (κ1) is 20.6. The van der Waals surface area contributed by atoms with E-state index in [-0.39, 0.29) is 0 Å². The largest absolute Gasteiger partial charge is 0.494 e. The Morgan fingerprint density at radius 2 is 1.75 bits per heavy atom. The average molecular weight is 389 g/mol. The molecule has 1 aromatic carbocycles. The SMILES string of the molecule is CCOc1ccc(NC(=O)C(=O)NCC2CCN(C3CCOCC3)CC2)cc1. The Morgan fingerprint density at radius 1 is 1.07 bits per heavy atom. The summed E-state index contributed by atoms with van der Waals surface area (Å²) in [7, 11) is 0. The lowest BCUT2D eigenvalue weighted by molar-refractivity contribution is -0.136. The summed E-state index contributed by atoms with van der Waals surface area (Å²) in [5.74, 6) is -0.0556. The van der Waals surface area contributed by atoms with Crippen LogP contribution in [0.3, 0.4) is 0 Å². The molecule has 2 aliphatic heterocycles. The average Bonchev–Trinajstić information content (AvgIpc) is 2.74. The van der Waals surface area contributed by atoms with Crippen molar-refractivity contribution in [2.45, 2.75) is 38.6 Å². The maximum absolute atomic E-state index is 12.1. The van der Waals surface area contributed by atoms with Crippen molar-refractivity contribution in [3.8, 4) is 5.75 Å². The van der Waals surface area contributed by atoms with Crippen LogP contribution in [0.2, 0.25) is 0 Å². The Kier molecular flexibility index (Phi) is 7.68. The van der Waals surface area contributed by atoms with Gasteiger partial charge in [-0.25, -0.2) is 0 Å². The van der Waals surface area contributed by atoms with Gasteiger partial charge in [0.25, 0.3) is 0 Å². The Bertz CT molecular complexity index is 636. The van der Waals surface area contributed by atoms with Crippen LogP contribution in [0.15, 0.2) is 24.3 Å². The van der Waals surface area contributed by atoms with Crippen molar-refractivity contribution in [2.75, 3.05) is 44.8 Å². The molecule has 7 heteroatoms. The lowest BCUT2D eigenvalue weighted by atomic mass is 9.94. The molecule has 1 aromatic rings. The van der Waals surface area contributed by atoms with Crippen LogP contribution in [0.25, 0.3) is 0 Å². The molecule has 2 N–H and O–H groups in total. The third kappa shape index (κ3) is 5.94. The summed E-state index contributed by atoms with van der Waals surface area (Å²) in [5, 5.41) is 5.41. The van der Waals surface area contributed by atoms with Crippen molar-refractivity contribution in [1.29, 1.82) is 0 Å². The molecule has 3 rings (SSSR count). The highest BCUT2D eigenvalue weighted by Gasteiger charge is 2.27. The minimum absolute atomic E-state index is 0.429. The second-order valence-electron chi connectivity index (χ2n) is 7.44. The zero-order valence-corrected chi connectivity index (χ0v) is 16.6. The van der Waals surface area contributed by atoms with E-state index in [2.05, 4.69) is 15.5 Å². The van der Waals surface area contributed by atoms with Crippen molar-refractivity contribution in [3.63, 3.8) is 0 Å². The third-order valence-corrected chi connectivity index (χ3v) is 5.54. The van der Waals surface area contributed by atoms with Crippen LogP contribution in [-0.4, -0.2) is 62.2 Å². The Morgan fingerprint density at radius 3 is 2.39 bits per heavy atom. The molecule has 0 atom stereocenters. The minimum atomic E-state index is -0.635. The van der Waals surface area contributed by atoms with Crippen molar-refractivity contribution in [1.82, 2.24) is 10.2 Å². The van der Waals surface area contributed by atoms with Crippen LogP contribution < -0.4 is 15.4 Å². The van der Waals surface area contributed by atoms with E-state index >= 15 is 0 Å². The molecule has 0 radical (unpaired) electrons. The molecule has 2 saturated heterocycles. The molecule has 28 heavy (non-hydrogen) atoms. The molecular weight excluding hydrogens is 358 g/mol. The van der Waals surface area contributed by atoms with Gasteiger partial charge in [-0.3, -0.25) is 9.59 Å². The number of hydrogen-bond acceptors (Lipinski definition) is 5. The number of carbonyl (C=O) groups is 2. The summed E-state index contributed by atoms with van der Waals surface area (Å²) < 4.78 is 10.8. The van der Waals surface area contributed by atoms with Crippen LogP contribution >= 0.6 is 0 Å². The van der Waals surface area contributed by atoms with Gasteiger partial charge in [0.2, 0.25) is 0 Å². The number of piperidine rings is 1. The van der Waals surface area contributed by atoms with E-state index in [0.29, 0.717) is 30.8 Å². The van der Waals surface area contributed by atoms with E-state index in [9.17, 15) is 9.59 Å². The zero-order chi connectivity index (χ0) is 19.8. The van der Waals surface area contributed by atoms with Crippen molar-refractivity contribution in [2.24, 2.45) is 5.92 Å². The Labute approximate surface area is 166 Å². The first-order valence-corrected chi connectivity index (χ1v) is 10.3. The number of rotatable bonds is 6. The van der Waals surface area contributed by atoms with Gasteiger partial charge in [-0.15, -0.1) is 0 Å². The van der Waals surface area contributed by atoms with Gasteiger partial charge in [0.15, 0.2) is 0 Å². The molecule has 2 aliphatic rings. The second-order valence-corrected chi connectivity index (χ2v) is 7.44. The molecule has 0 aliphatic carbocycles. The van der Waals surface area contributed by atoms with Crippen molar-refractivity contribution < 1.29 is 19.1 Å². The van der Waals surface area contributed by atoms with E-state index in [1.54, 1.807) is 24.3 Å². The summed E-state index contributed by atoms with van der Waals surface area (Å²) in [4.78, 5) is 26.7. The van der Waals surface area contributed by atoms with Gasteiger partial charge in [0.05, 0.1) is 6.61 Å². The van der Waals surface area contributed by atoms with Gasteiger partial charge < -0.3 is 25.0 Å². The normalized spacial score (nSPS) is 19.2. The molecule has 0 unspecified atom stereocenters. The number of ether oxygens (including phenoxy) is 2. The third-order valence-electron chi connectivity index (χ3n) is 5.54. The lowest BCUT2D eigenvalue weighted by Crippen LogP contribution is -2.46. The summed E-state index contributed by atoms with van der Waals surface area (Å²) in [6, 6.07) is 7.63. The van der Waals surface area contributed by atoms with Gasteiger partial charge in [-0.05, 0) is 75.9 Å². The highest BCUT2D eigenvalue weighted by molar-refractivity contribution is 6.39. The standard InChI is InChI=1S/C21H31N3O4/c1-2-28-19-5-3-17(4-6-19)23-21(26)20(25)22-15-16-7-11-24(12-8-16)18-9-13-27-14-10-18/h3-6,16,18H,2,7-15H2,1H3,(H,22,25)(H,23,26). The number of nitrogens with zero attached hydrogens (tertiary/aromatic N) is 1. The molecule has 0 spiro atoms. The lowest BCUT2D eigenvalue weighted by Gasteiger charge is -2.39. The predicted molar refractivity (Wildman–Crippen MR) is 107 cm³/mol. The number of benzene rings is 1. The van der Waals surface area contributed by atoms with E-state index in [1.807, 2.05) is 6.92 Å². The maximum Gasteiger partial charge on any atom is 0.313 e. The second kappa shape index (κ2) is 10.4. The molecule has 2 fully saturated rings. The minimum Gasteiger partial charge on any atom is -0.494 e. The predicted octanol–water partition coefficient (Wildman–Crippen LogP) is 2.03. The summed E-state index contributed by atoms with van der Waals surface area (Å²) >= 11 is 0. The molecule has 154 valence electrons. The van der Waals surface area contributed by atoms with Gasteiger partial charge in [0, 0.05) is 31.5 Å². The van der Waals surface area contributed by atoms with Crippen molar-refractivity contribution >= 4 is 17.5 Å². The monoisotopic (exact) mass is 389 g/mol. The van der Waals surface area contributed by atoms with Gasteiger partial charge in [-0.2, -0.15) is 0 Å². The summed E-state index contributed by atoms with van der Waals surface area (Å²) in [6.45, 7) is 6.90. The Hall–Kier alpha value is -2.12. The van der Waals surface area contributed by atoms with Crippen molar-refractivity contribution in [3.05, 3.63) is 24.3 Å². The summed E-state index contributed by atoms with van der Waals surface area (Å²) in [6.07, 6.45) is 4.34. The molecule has 2 heterocycles. The molecule has 0 bridgehead atoms. The quantitative estimate of drug-likeness (QED) is 0.728. The van der Waals surface area contributed by atoms with Crippen LogP contribution in [0.1, 0.15) is 32.6 Å². The van der Waals surface area contributed by atoms with E-state index in [1.165, 1.54) is 0 Å². The number of anilines is 1. The number of nitrogens with one attached hydrogen (secondary N) is 2. The first-order valence-electron chi connectivity index (χ1n) is 10.3. The maximum atomic E-state index is 12.1. The molecule has 7 nitrogen and oxygen atoms in total. The van der Waals surface area contributed by atoms with E-state index < -0.39 is 11.8 Å². The van der Waals surface area contributed by atoms with Crippen LogP contribution in [0.5, 0.6) is 5.75 Å². The highest BCUT2D eigenvalue weighted by atomic mass is 16.5. The smallest absolute Gasteiger partial charge is 0.313 e. The van der Waals surface area contributed by atoms with Crippen LogP contribution in [-0.2, 0) is 14.3 Å². The number of likely N-dealkylation sites (tertiary alicyclic amines) is 1. The summed E-state index contributed by atoms with van der Waals surface area (Å²) in [5.41, 5.74) is 0.577. The van der Waals surface area contributed by atoms with Crippen LogP contribution in [0, 0.1) is 5.92 Å². The molecule has 0 saturated carbocycles. The van der Waals surface area contributed by atoms with Gasteiger partial charge >= 0.3 is 11.8 Å². The first-order chi connectivity index (χ1) is 13.7. The van der Waals surface area contributed by atoms with Crippen LogP contribution in [0.4, 0.5) is 5.69 Å². The molecular formula is C21H31N3O4. The molecule has 0 aromatic heterocycles.